The van der Waals surface area contributed by atoms with Gasteiger partial charge in [-0.05, 0) is 43.2 Å². The molecule has 2 aromatic heterocycles. The Hall–Kier alpha value is -2.40. The first-order valence-corrected chi connectivity index (χ1v) is 9.96. The number of carbonyl (C=O) groups excluding carboxylic acids is 1. The summed E-state index contributed by atoms with van der Waals surface area (Å²) in [7, 11) is 0. The number of carbonyl (C=O) groups is 1. The summed E-state index contributed by atoms with van der Waals surface area (Å²) in [6.45, 7) is 0.529. The van der Waals surface area contributed by atoms with Gasteiger partial charge < -0.3 is 9.88 Å². The van der Waals surface area contributed by atoms with E-state index in [9.17, 15) is 4.79 Å². The highest BCUT2D eigenvalue weighted by Crippen LogP contribution is 2.31. The topological polar surface area (TPSA) is 59.8 Å². The van der Waals surface area contributed by atoms with E-state index in [4.69, 9.17) is 16.6 Å². The molecule has 1 aliphatic carbocycles. The monoisotopic (exact) mass is 382 g/mol. The zero-order chi connectivity index (χ0) is 18.6. The van der Waals surface area contributed by atoms with Crippen molar-refractivity contribution in [3.8, 4) is 0 Å². The highest BCUT2D eigenvalue weighted by molar-refractivity contribution is 6.30. The van der Waals surface area contributed by atoms with Crippen LogP contribution >= 0.6 is 11.6 Å². The lowest BCUT2D eigenvalue weighted by Crippen LogP contribution is -2.27. The average Bonchev–Trinajstić information content (AvgIpc) is 3.07. The van der Waals surface area contributed by atoms with Crippen LogP contribution in [0.2, 0.25) is 5.02 Å². The quantitative estimate of drug-likeness (QED) is 0.703. The summed E-state index contributed by atoms with van der Waals surface area (Å²) in [5.41, 5.74) is 2.46. The fraction of sp³-hybridized carbons (Fsp3) is 0.381. The van der Waals surface area contributed by atoms with Crippen LogP contribution in [0, 0.1) is 0 Å². The number of imidazole rings is 1. The van der Waals surface area contributed by atoms with E-state index in [2.05, 4.69) is 14.9 Å². The Morgan fingerprint density at radius 1 is 1.19 bits per heavy atom. The normalized spacial score (nSPS) is 15.1. The van der Waals surface area contributed by atoms with Gasteiger partial charge in [0.25, 0.3) is 5.91 Å². The number of nitrogens with zero attached hydrogens (tertiary/aromatic N) is 3. The molecule has 0 bridgehead atoms. The first-order chi connectivity index (χ1) is 13.2. The van der Waals surface area contributed by atoms with Gasteiger partial charge in [0.2, 0.25) is 0 Å². The van der Waals surface area contributed by atoms with E-state index >= 15 is 0 Å². The standard InChI is InChI=1S/C21H23ClN4O/c22-16-7-4-6-15(14-16)21(27)24-13-11-19-25-18-10-5-12-23-20(18)26(19)17-8-2-1-3-9-17/h4-7,10,12,14,17H,1-3,8-9,11,13H2,(H,24,27). The molecule has 0 unspecified atom stereocenters. The van der Waals surface area contributed by atoms with Crippen LogP contribution in [-0.2, 0) is 6.42 Å². The van der Waals surface area contributed by atoms with E-state index in [1.54, 1.807) is 24.3 Å². The third-order valence-electron chi connectivity index (χ3n) is 5.18. The van der Waals surface area contributed by atoms with Crippen molar-refractivity contribution in [2.75, 3.05) is 6.54 Å². The van der Waals surface area contributed by atoms with E-state index in [0.717, 1.165) is 17.0 Å². The summed E-state index contributed by atoms with van der Waals surface area (Å²) in [6.07, 6.45) is 8.66. The van der Waals surface area contributed by atoms with Gasteiger partial charge in [-0.3, -0.25) is 4.79 Å². The molecule has 1 amide bonds. The fourth-order valence-corrected chi connectivity index (χ4v) is 4.09. The minimum absolute atomic E-state index is 0.115. The molecule has 3 aromatic rings. The second-order valence-corrected chi connectivity index (χ2v) is 7.49. The number of hydrogen-bond donors (Lipinski definition) is 1. The Morgan fingerprint density at radius 3 is 2.85 bits per heavy atom. The third kappa shape index (κ3) is 3.98. The Bertz CT molecular complexity index is 946. The lowest BCUT2D eigenvalue weighted by Gasteiger charge is -2.25. The molecule has 1 aromatic carbocycles. The zero-order valence-corrected chi connectivity index (χ0v) is 16.0. The summed E-state index contributed by atoms with van der Waals surface area (Å²) in [5, 5.41) is 3.54. The van der Waals surface area contributed by atoms with Gasteiger partial charge >= 0.3 is 0 Å². The molecule has 1 aliphatic rings. The van der Waals surface area contributed by atoms with Crippen molar-refractivity contribution in [1.29, 1.82) is 0 Å². The van der Waals surface area contributed by atoms with Crippen LogP contribution in [0.4, 0.5) is 0 Å². The number of nitrogens with one attached hydrogen (secondary N) is 1. The van der Waals surface area contributed by atoms with Crippen LogP contribution in [0.25, 0.3) is 11.2 Å². The van der Waals surface area contributed by atoms with E-state index < -0.39 is 0 Å². The van der Waals surface area contributed by atoms with Gasteiger partial charge in [-0.15, -0.1) is 0 Å². The zero-order valence-electron chi connectivity index (χ0n) is 15.2. The lowest BCUT2D eigenvalue weighted by atomic mass is 9.95. The Morgan fingerprint density at radius 2 is 2.04 bits per heavy atom. The number of aromatic nitrogens is 3. The predicted molar refractivity (Wildman–Crippen MR) is 107 cm³/mol. The Kier molecular flexibility index (Phi) is 5.39. The minimum Gasteiger partial charge on any atom is -0.352 e. The molecule has 140 valence electrons. The van der Waals surface area contributed by atoms with Crippen molar-refractivity contribution in [3.63, 3.8) is 0 Å². The molecular weight excluding hydrogens is 360 g/mol. The van der Waals surface area contributed by atoms with E-state index in [-0.39, 0.29) is 5.91 Å². The van der Waals surface area contributed by atoms with Gasteiger partial charge in [0.05, 0.1) is 0 Å². The summed E-state index contributed by atoms with van der Waals surface area (Å²) in [4.78, 5) is 21.7. The maximum Gasteiger partial charge on any atom is 0.251 e. The van der Waals surface area contributed by atoms with Gasteiger partial charge in [0.15, 0.2) is 5.65 Å². The van der Waals surface area contributed by atoms with Gasteiger partial charge in [-0.1, -0.05) is 36.9 Å². The van der Waals surface area contributed by atoms with Crippen molar-refractivity contribution in [2.24, 2.45) is 0 Å². The van der Waals surface area contributed by atoms with E-state index in [1.165, 1.54) is 32.1 Å². The molecule has 2 heterocycles. The number of benzene rings is 1. The van der Waals surface area contributed by atoms with Crippen molar-refractivity contribution < 1.29 is 4.79 Å². The SMILES string of the molecule is O=C(NCCc1nc2cccnc2n1C1CCCCC1)c1cccc(Cl)c1. The lowest BCUT2D eigenvalue weighted by molar-refractivity contribution is 0.0954. The smallest absolute Gasteiger partial charge is 0.251 e. The van der Waals surface area contributed by atoms with Crippen LogP contribution in [0.5, 0.6) is 0 Å². The minimum atomic E-state index is -0.115. The summed E-state index contributed by atoms with van der Waals surface area (Å²) >= 11 is 5.97. The molecule has 0 spiro atoms. The van der Waals surface area contributed by atoms with Crippen LogP contribution in [-0.4, -0.2) is 27.0 Å². The van der Waals surface area contributed by atoms with Crippen LogP contribution in [0.3, 0.4) is 0 Å². The predicted octanol–water partition coefficient (Wildman–Crippen LogP) is 4.56. The van der Waals surface area contributed by atoms with Crippen LogP contribution in [0.15, 0.2) is 42.6 Å². The molecule has 27 heavy (non-hydrogen) atoms. The largest absolute Gasteiger partial charge is 0.352 e. The number of pyridine rings is 1. The Labute approximate surface area is 163 Å². The maximum absolute atomic E-state index is 12.3. The molecule has 1 N–H and O–H groups in total. The summed E-state index contributed by atoms with van der Waals surface area (Å²) in [6, 6.07) is 11.4. The molecule has 0 saturated heterocycles. The molecule has 1 saturated carbocycles. The van der Waals surface area contributed by atoms with Crippen LogP contribution < -0.4 is 5.32 Å². The van der Waals surface area contributed by atoms with Gasteiger partial charge in [-0.2, -0.15) is 0 Å². The third-order valence-corrected chi connectivity index (χ3v) is 5.42. The van der Waals surface area contributed by atoms with E-state index in [0.29, 0.717) is 29.6 Å². The second kappa shape index (κ2) is 8.09. The fourth-order valence-electron chi connectivity index (χ4n) is 3.90. The molecular formula is C21H23ClN4O. The molecule has 0 radical (unpaired) electrons. The van der Waals surface area contributed by atoms with Gasteiger partial charge in [0, 0.05) is 35.8 Å². The molecule has 0 atom stereocenters. The average molecular weight is 383 g/mol. The van der Waals surface area contributed by atoms with Crippen molar-refractivity contribution >= 4 is 28.7 Å². The maximum atomic E-state index is 12.3. The van der Waals surface area contributed by atoms with Crippen molar-refractivity contribution in [2.45, 2.75) is 44.6 Å². The first-order valence-electron chi connectivity index (χ1n) is 9.58. The van der Waals surface area contributed by atoms with Crippen LogP contribution in [0.1, 0.15) is 54.3 Å². The van der Waals surface area contributed by atoms with Gasteiger partial charge in [0.1, 0.15) is 11.3 Å². The molecule has 5 nitrogen and oxygen atoms in total. The van der Waals surface area contributed by atoms with Crippen molar-refractivity contribution in [1.82, 2.24) is 19.9 Å². The highest BCUT2D eigenvalue weighted by atomic mass is 35.5. The van der Waals surface area contributed by atoms with Gasteiger partial charge in [-0.25, -0.2) is 9.97 Å². The number of halogens is 1. The summed E-state index contributed by atoms with van der Waals surface area (Å²) < 4.78 is 2.31. The van der Waals surface area contributed by atoms with E-state index in [1.807, 2.05) is 18.3 Å². The number of hydrogen-bond acceptors (Lipinski definition) is 3. The summed E-state index contributed by atoms with van der Waals surface area (Å²) in [5.74, 6) is 0.887. The number of rotatable bonds is 5. The molecule has 1 fully saturated rings. The number of amides is 1. The molecule has 0 aliphatic heterocycles. The van der Waals surface area contributed by atoms with Crippen molar-refractivity contribution in [3.05, 3.63) is 59.0 Å². The first kappa shape index (κ1) is 18.0. The molecule has 4 rings (SSSR count). The Balaban J connectivity index is 1.50. The molecule has 6 heteroatoms. The highest BCUT2D eigenvalue weighted by Gasteiger charge is 2.22. The second-order valence-electron chi connectivity index (χ2n) is 7.05. The number of fused-ring (bicyclic) bond motifs is 1.